The number of carbonyl (C=O) groups excluding carboxylic acids is 1. The molecule has 2 unspecified atom stereocenters. The minimum atomic E-state index is 0.0907. The molecule has 1 aliphatic rings. The zero-order chi connectivity index (χ0) is 15.7. The predicted molar refractivity (Wildman–Crippen MR) is 89.9 cm³/mol. The lowest BCUT2D eigenvalue weighted by Gasteiger charge is -2.21. The van der Waals surface area contributed by atoms with Crippen LogP contribution in [0.1, 0.15) is 28.0 Å². The third-order valence-corrected chi connectivity index (χ3v) is 5.19. The Morgan fingerprint density at radius 3 is 2.77 bits per heavy atom. The van der Waals surface area contributed by atoms with E-state index in [1.807, 2.05) is 42.2 Å². The fraction of sp³-hybridized carbons (Fsp3) is 0.412. The second-order valence-corrected chi connectivity index (χ2v) is 7.12. The average Bonchev–Trinajstić information content (AvgIpc) is 3.10. The van der Waals surface area contributed by atoms with Gasteiger partial charge in [0, 0.05) is 18.2 Å². The standard InChI is InChI=1S/C17H21N3OS/c1-11-8-13(9-18)10-20(11)17(21)16-15(19-12(2)22-16)14-6-4-3-5-7-14/h3-7,11,13H,8-10,18H2,1-2H3. The highest BCUT2D eigenvalue weighted by Gasteiger charge is 2.34. The van der Waals surface area contributed by atoms with E-state index in [0.29, 0.717) is 12.5 Å². The second kappa shape index (κ2) is 6.18. The molecule has 1 saturated heterocycles. The molecule has 1 aromatic heterocycles. The minimum Gasteiger partial charge on any atom is -0.335 e. The maximum absolute atomic E-state index is 13.0. The van der Waals surface area contributed by atoms with E-state index >= 15 is 0 Å². The van der Waals surface area contributed by atoms with Gasteiger partial charge in [-0.25, -0.2) is 4.98 Å². The van der Waals surface area contributed by atoms with Crippen molar-refractivity contribution >= 4 is 17.2 Å². The molecule has 116 valence electrons. The lowest BCUT2D eigenvalue weighted by Crippen LogP contribution is -2.34. The van der Waals surface area contributed by atoms with Gasteiger partial charge in [0.15, 0.2) is 0 Å². The first-order chi connectivity index (χ1) is 10.6. The van der Waals surface area contributed by atoms with Gasteiger partial charge in [-0.3, -0.25) is 4.79 Å². The van der Waals surface area contributed by atoms with E-state index in [1.165, 1.54) is 11.3 Å². The lowest BCUT2D eigenvalue weighted by molar-refractivity contribution is 0.0749. The smallest absolute Gasteiger partial charge is 0.266 e. The van der Waals surface area contributed by atoms with Crippen molar-refractivity contribution in [2.45, 2.75) is 26.3 Å². The molecule has 0 saturated carbocycles. The molecule has 1 aliphatic heterocycles. The molecule has 2 heterocycles. The van der Waals surface area contributed by atoms with Crippen molar-refractivity contribution in [2.75, 3.05) is 13.1 Å². The Morgan fingerprint density at radius 2 is 2.14 bits per heavy atom. The summed E-state index contributed by atoms with van der Waals surface area (Å²) < 4.78 is 0. The zero-order valence-corrected chi connectivity index (χ0v) is 13.8. The minimum absolute atomic E-state index is 0.0907. The molecule has 5 heteroatoms. The van der Waals surface area contributed by atoms with Gasteiger partial charge in [-0.1, -0.05) is 30.3 Å². The molecule has 0 spiro atoms. The van der Waals surface area contributed by atoms with Gasteiger partial charge in [0.05, 0.1) is 10.7 Å². The molecule has 22 heavy (non-hydrogen) atoms. The normalized spacial score (nSPS) is 21.3. The highest BCUT2D eigenvalue weighted by Crippen LogP contribution is 2.32. The van der Waals surface area contributed by atoms with Crippen molar-refractivity contribution in [1.82, 2.24) is 9.88 Å². The van der Waals surface area contributed by atoms with Crippen LogP contribution in [-0.4, -0.2) is 34.9 Å². The van der Waals surface area contributed by atoms with Gasteiger partial charge in [-0.2, -0.15) is 0 Å². The van der Waals surface area contributed by atoms with E-state index in [4.69, 9.17) is 5.73 Å². The van der Waals surface area contributed by atoms with E-state index in [2.05, 4.69) is 11.9 Å². The van der Waals surface area contributed by atoms with Crippen LogP contribution in [0, 0.1) is 12.8 Å². The Labute approximate surface area is 135 Å². The second-order valence-electron chi connectivity index (χ2n) is 5.92. The first-order valence-electron chi connectivity index (χ1n) is 7.64. The van der Waals surface area contributed by atoms with Gasteiger partial charge in [0.1, 0.15) is 4.88 Å². The largest absolute Gasteiger partial charge is 0.335 e. The molecule has 0 aliphatic carbocycles. The first-order valence-corrected chi connectivity index (χ1v) is 8.45. The molecule has 1 aromatic carbocycles. The summed E-state index contributed by atoms with van der Waals surface area (Å²) in [6, 6.07) is 10.2. The van der Waals surface area contributed by atoms with Crippen molar-refractivity contribution in [3.8, 4) is 11.3 Å². The number of carbonyl (C=O) groups is 1. The van der Waals surface area contributed by atoms with Gasteiger partial charge >= 0.3 is 0 Å². The van der Waals surface area contributed by atoms with Gasteiger partial charge in [-0.15, -0.1) is 11.3 Å². The zero-order valence-electron chi connectivity index (χ0n) is 13.0. The number of rotatable bonds is 3. The summed E-state index contributed by atoms with van der Waals surface area (Å²) in [5, 5.41) is 0.921. The number of nitrogens with two attached hydrogens (primary N) is 1. The number of hydrogen-bond donors (Lipinski definition) is 1. The van der Waals surface area contributed by atoms with Crippen molar-refractivity contribution in [2.24, 2.45) is 11.7 Å². The summed E-state index contributed by atoms with van der Waals surface area (Å²) in [6.07, 6.45) is 0.987. The third-order valence-electron chi connectivity index (χ3n) is 4.23. The van der Waals surface area contributed by atoms with Crippen LogP contribution in [0.5, 0.6) is 0 Å². The monoisotopic (exact) mass is 315 g/mol. The van der Waals surface area contributed by atoms with Crippen molar-refractivity contribution < 1.29 is 4.79 Å². The van der Waals surface area contributed by atoms with E-state index < -0.39 is 0 Å². The number of benzene rings is 1. The van der Waals surface area contributed by atoms with Crippen LogP contribution in [0.3, 0.4) is 0 Å². The summed E-state index contributed by atoms with van der Waals surface area (Å²) in [7, 11) is 0. The predicted octanol–water partition coefficient (Wildman–Crippen LogP) is 2.93. The SMILES string of the molecule is Cc1nc(-c2ccccc2)c(C(=O)N2CC(CN)CC2C)s1. The number of aromatic nitrogens is 1. The van der Waals surface area contributed by atoms with Gasteiger partial charge in [-0.05, 0) is 32.7 Å². The molecule has 1 fully saturated rings. The molecule has 0 bridgehead atoms. The molecule has 0 radical (unpaired) electrons. The van der Waals surface area contributed by atoms with Crippen molar-refractivity contribution in [1.29, 1.82) is 0 Å². The van der Waals surface area contributed by atoms with Crippen LogP contribution in [0.4, 0.5) is 0 Å². The van der Waals surface area contributed by atoms with E-state index in [9.17, 15) is 4.79 Å². The van der Waals surface area contributed by atoms with E-state index in [1.54, 1.807) is 0 Å². The van der Waals surface area contributed by atoms with Crippen LogP contribution in [-0.2, 0) is 0 Å². The maximum atomic E-state index is 13.0. The molecule has 2 N–H and O–H groups in total. The van der Waals surface area contributed by atoms with Crippen molar-refractivity contribution in [3.05, 3.63) is 40.2 Å². The number of hydrogen-bond acceptors (Lipinski definition) is 4. The summed E-state index contributed by atoms with van der Waals surface area (Å²) >= 11 is 1.48. The average molecular weight is 315 g/mol. The van der Waals surface area contributed by atoms with Crippen LogP contribution in [0.25, 0.3) is 11.3 Å². The first kappa shape index (κ1) is 15.2. The number of thiazole rings is 1. The molecule has 3 rings (SSSR count). The van der Waals surface area contributed by atoms with E-state index in [-0.39, 0.29) is 11.9 Å². The Balaban J connectivity index is 1.94. The Bertz CT molecular complexity index is 668. The van der Waals surface area contributed by atoms with Crippen LogP contribution >= 0.6 is 11.3 Å². The third kappa shape index (κ3) is 2.78. The van der Waals surface area contributed by atoms with Gasteiger partial charge < -0.3 is 10.6 Å². The fourth-order valence-corrected chi connectivity index (χ4v) is 3.99. The number of likely N-dealkylation sites (tertiary alicyclic amines) is 1. The van der Waals surface area contributed by atoms with Crippen LogP contribution in [0.2, 0.25) is 0 Å². The molecular weight excluding hydrogens is 294 g/mol. The highest BCUT2D eigenvalue weighted by molar-refractivity contribution is 7.14. The quantitative estimate of drug-likeness (QED) is 0.947. The summed E-state index contributed by atoms with van der Waals surface area (Å²) in [5.74, 6) is 0.501. The Kier molecular flexibility index (Phi) is 4.27. The highest BCUT2D eigenvalue weighted by atomic mass is 32.1. The van der Waals surface area contributed by atoms with Crippen LogP contribution in [0.15, 0.2) is 30.3 Å². The molecule has 1 amide bonds. The Morgan fingerprint density at radius 1 is 1.41 bits per heavy atom. The summed E-state index contributed by atoms with van der Waals surface area (Å²) in [5.41, 5.74) is 7.57. The van der Waals surface area contributed by atoms with Crippen LogP contribution < -0.4 is 5.73 Å². The van der Waals surface area contributed by atoms with Gasteiger partial charge in [0.2, 0.25) is 0 Å². The number of nitrogens with zero attached hydrogens (tertiary/aromatic N) is 2. The summed E-state index contributed by atoms with van der Waals surface area (Å²) in [4.78, 5) is 20.3. The molecular formula is C17H21N3OS. The maximum Gasteiger partial charge on any atom is 0.266 e. The van der Waals surface area contributed by atoms with Crippen molar-refractivity contribution in [3.63, 3.8) is 0 Å². The topological polar surface area (TPSA) is 59.2 Å². The number of amides is 1. The number of aryl methyl sites for hydroxylation is 1. The Hall–Kier alpha value is -1.72. The molecule has 2 aromatic rings. The lowest BCUT2D eigenvalue weighted by atomic mass is 10.1. The van der Waals surface area contributed by atoms with Gasteiger partial charge in [0.25, 0.3) is 5.91 Å². The molecule has 4 nitrogen and oxygen atoms in total. The molecule has 2 atom stereocenters. The van der Waals surface area contributed by atoms with E-state index in [0.717, 1.165) is 34.1 Å². The fourth-order valence-electron chi connectivity index (χ4n) is 3.09. The summed E-state index contributed by atoms with van der Waals surface area (Å²) in [6.45, 7) is 5.44.